The summed E-state index contributed by atoms with van der Waals surface area (Å²) in [6.07, 6.45) is 3.63. The number of para-hydroxylation sites is 1. The largest absolute Gasteiger partial charge is 0.254 e. The van der Waals surface area contributed by atoms with Gasteiger partial charge in [0.2, 0.25) is 0 Å². The van der Waals surface area contributed by atoms with E-state index in [-0.39, 0.29) is 0 Å². The first-order valence-corrected chi connectivity index (χ1v) is 11.9. The molecule has 0 amide bonds. The van der Waals surface area contributed by atoms with Crippen molar-refractivity contribution in [1.82, 2.24) is 19.9 Å². The monoisotopic (exact) mass is 460 g/mol. The minimum atomic E-state index is 0.701. The molecule has 3 aromatic heterocycles. The van der Waals surface area contributed by atoms with Crippen molar-refractivity contribution in [3.8, 4) is 33.8 Å². The van der Waals surface area contributed by atoms with Gasteiger partial charge in [-0.3, -0.25) is 9.97 Å². The van der Waals surface area contributed by atoms with E-state index in [0.717, 1.165) is 49.5 Å². The van der Waals surface area contributed by atoms with Crippen LogP contribution in [0.1, 0.15) is 0 Å². The van der Waals surface area contributed by atoms with Crippen LogP contribution >= 0.6 is 0 Å². The van der Waals surface area contributed by atoms with Crippen LogP contribution in [0.2, 0.25) is 0 Å². The van der Waals surface area contributed by atoms with Crippen LogP contribution in [0.4, 0.5) is 0 Å². The number of pyridine rings is 2. The number of rotatable bonds is 3. The zero-order valence-electron chi connectivity index (χ0n) is 19.3. The Kier molecular flexibility index (Phi) is 4.74. The molecule has 0 fully saturated rings. The molecule has 0 unspecified atom stereocenters. The van der Waals surface area contributed by atoms with Gasteiger partial charge in [-0.2, -0.15) is 0 Å². The van der Waals surface area contributed by atoms with E-state index >= 15 is 0 Å². The van der Waals surface area contributed by atoms with Gasteiger partial charge in [-0.05, 0) is 35.4 Å². The Morgan fingerprint density at radius 2 is 1.14 bits per heavy atom. The van der Waals surface area contributed by atoms with Gasteiger partial charge in [0, 0.05) is 39.7 Å². The number of nitrogens with zero attached hydrogens (tertiary/aromatic N) is 4. The zero-order valence-corrected chi connectivity index (χ0v) is 19.3. The number of fused-ring (bicyclic) bond motifs is 4. The molecule has 0 aliphatic heterocycles. The lowest BCUT2D eigenvalue weighted by atomic mass is 9.98. The molecule has 36 heavy (non-hydrogen) atoms. The molecule has 3 heterocycles. The predicted molar refractivity (Wildman–Crippen MR) is 146 cm³/mol. The fourth-order valence-electron chi connectivity index (χ4n) is 4.83. The third-order valence-corrected chi connectivity index (χ3v) is 6.57. The number of hydrogen-bond acceptors (Lipinski definition) is 4. The maximum absolute atomic E-state index is 5.14. The summed E-state index contributed by atoms with van der Waals surface area (Å²) >= 11 is 0. The SMILES string of the molecule is c1ccc(-c2ccc(-c3nc(-c4cc5cccnc5c5ncccc45)c4ccccc4n3)cc2)cc1. The highest BCUT2D eigenvalue weighted by Crippen LogP contribution is 2.36. The van der Waals surface area contributed by atoms with Crippen molar-refractivity contribution in [2.24, 2.45) is 0 Å². The van der Waals surface area contributed by atoms with Crippen molar-refractivity contribution >= 4 is 32.7 Å². The second-order valence-corrected chi connectivity index (χ2v) is 8.76. The first kappa shape index (κ1) is 20.4. The van der Waals surface area contributed by atoms with E-state index in [4.69, 9.17) is 9.97 Å². The van der Waals surface area contributed by atoms with Crippen LogP contribution in [-0.2, 0) is 0 Å². The maximum Gasteiger partial charge on any atom is 0.160 e. The lowest BCUT2D eigenvalue weighted by Crippen LogP contribution is -1.97. The molecule has 7 rings (SSSR count). The van der Waals surface area contributed by atoms with Crippen molar-refractivity contribution in [3.05, 3.63) is 122 Å². The van der Waals surface area contributed by atoms with Crippen LogP contribution in [-0.4, -0.2) is 19.9 Å². The fourth-order valence-corrected chi connectivity index (χ4v) is 4.83. The van der Waals surface area contributed by atoms with Crippen LogP contribution < -0.4 is 0 Å². The van der Waals surface area contributed by atoms with Crippen LogP contribution in [0.25, 0.3) is 66.5 Å². The highest BCUT2D eigenvalue weighted by Gasteiger charge is 2.16. The summed E-state index contributed by atoms with van der Waals surface area (Å²) in [5.41, 5.74) is 7.94. The molecule has 7 aromatic rings. The Bertz CT molecular complexity index is 1880. The molecule has 0 saturated heterocycles. The Morgan fingerprint density at radius 1 is 0.472 bits per heavy atom. The second kappa shape index (κ2) is 8.36. The minimum absolute atomic E-state index is 0.701. The molecule has 0 atom stereocenters. The molecule has 4 heteroatoms. The normalized spacial score (nSPS) is 11.3. The lowest BCUT2D eigenvalue weighted by molar-refractivity contribution is 1.23. The Morgan fingerprint density at radius 3 is 2.00 bits per heavy atom. The van der Waals surface area contributed by atoms with Crippen LogP contribution in [0.15, 0.2) is 122 Å². The standard InChI is InChI=1S/C32H20N4/c1-2-8-21(9-3-1)22-14-16-23(17-15-22)32-35-28-13-5-4-11-26(28)30(36-32)27-20-24-10-6-18-33-29(24)31-25(27)12-7-19-34-31/h1-20H. The Balaban J connectivity index is 1.46. The van der Waals surface area contributed by atoms with Gasteiger partial charge in [-0.15, -0.1) is 0 Å². The van der Waals surface area contributed by atoms with E-state index in [2.05, 4.69) is 82.8 Å². The molecule has 4 nitrogen and oxygen atoms in total. The van der Waals surface area contributed by atoms with E-state index in [9.17, 15) is 0 Å². The summed E-state index contributed by atoms with van der Waals surface area (Å²) in [6.45, 7) is 0. The van der Waals surface area contributed by atoms with Gasteiger partial charge in [0.15, 0.2) is 5.82 Å². The summed E-state index contributed by atoms with van der Waals surface area (Å²) in [7, 11) is 0. The van der Waals surface area contributed by atoms with E-state index in [0.29, 0.717) is 5.82 Å². The molecular formula is C32H20N4. The van der Waals surface area contributed by atoms with Crippen molar-refractivity contribution in [3.63, 3.8) is 0 Å². The lowest BCUT2D eigenvalue weighted by Gasteiger charge is -2.13. The Labute approximate surface area is 208 Å². The van der Waals surface area contributed by atoms with Crippen molar-refractivity contribution in [2.45, 2.75) is 0 Å². The zero-order chi connectivity index (χ0) is 23.9. The van der Waals surface area contributed by atoms with Crippen molar-refractivity contribution in [1.29, 1.82) is 0 Å². The molecule has 0 aliphatic rings. The first-order chi connectivity index (χ1) is 17.8. The molecule has 0 N–H and O–H groups in total. The third-order valence-electron chi connectivity index (χ3n) is 6.57. The molecule has 0 bridgehead atoms. The second-order valence-electron chi connectivity index (χ2n) is 8.76. The summed E-state index contributed by atoms with van der Waals surface area (Å²) in [5, 5.41) is 3.07. The molecule has 168 valence electrons. The van der Waals surface area contributed by atoms with Crippen molar-refractivity contribution in [2.75, 3.05) is 0 Å². The van der Waals surface area contributed by atoms with E-state index in [1.165, 1.54) is 11.1 Å². The average Bonchev–Trinajstić information content (AvgIpc) is 2.97. The molecule has 4 aromatic carbocycles. The molecule has 0 radical (unpaired) electrons. The van der Waals surface area contributed by atoms with E-state index in [1.807, 2.05) is 48.8 Å². The van der Waals surface area contributed by atoms with Crippen LogP contribution in [0.5, 0.6) is 0 Å². The maximum atomic E-state index is 5.14. The first-order valence-electron chi connectivity index (χ1n) is 11.9. The molecule has 0 aliphatic carbocycles. The quantitative estimate of drug-likeness (QED) is 0.253. The summed E-state index contributed by atoms with van der Waals surface area (Å²) in [6, 6.07) is 37.3. The summed E-state index contributed by atoms with van der Waals surface area (Å²) in [5.74, 6) is 0.701. The smallest absolute Gasteiger partial charge is 0.160 e. The minimum Gasteiger partial charge on any atom is -0.254 e. The van der Waals surface area contributed by atoms with Gasteiger partial charge in [0.25, 0.3) is 0 Å². The van der Waals surface area contributed by atoms with Gasteiger partial charge in [0.05, 0.1) is 22.2 Å². The van der Waals surface area contributed by atoms with Crippen LogP contribution in [0, 0.1) is 0 Å². The van der Waals surface area contributed by atoms with Gasteiger partial charge in [0.1, 0.15) is 0 Å². The van der Waals surface area contributed by atoms with E-state index in [1.54, 1.807) is 0 Å². The fraction of sp³-hybridized carbons (Fsp3) is 0. The average molecular weight is 461 g/mol. The molecular weight excluding hydrogens is 440 g/mol. The van der Waals surface area contributed by atoms with Crippen molar-refractivity contribution < 1.29 is 0 Å². The van der Waals surface area contributed by atoms with Gasteiger partial charge in [-0.25, -0.2) is 9.97 Å². The van der Waals surface area contributed by atoms with E-state index < -0.39 is 0 Å². The van der Waals surface area contributed by atoms with Gasteiger partial charge >= 0.3 is 0 Å². The number of aromatic nitrogens is 4. The van der Waals surface area contributed by atoms with Gasteiger partial charge < -0.3 is 0 Å². The summed E-state index contributed by atoms with van der Waals surface area (Å²) in [4.78, 5) is 19.4. The highest BCUT2D eigenvalue weighted by molar-refractivity contribution is 6.12. The summed E-state index contributed by atoms with van der Waals surface area (Å²) < 4.78 is 0. The van der Waals surface area contributed by atoms with Crippen LogP contribution in [0.3, 0.4) is 0 Å². The molecule has 0 saturated carbocycles. The predicted octanol–water partition coefficient (Wildman–Crippen LogP) is 7.73. The Hall–Kier alpha value is -4.96. The molecule has 0 spiro atoms. The third kappa shape index (κ3) is 3.39. The highest BCUT2D eigenvalue weighted by atomic mass is 14.9. The topological polar surface area (TPSA) is 51.6 Å². The number of benzene rings is 4. The number of hydrogen-bond donors (Lipinski definition) is 0. The van der Waals surface area contributed by atoms with Gasteiger partial charge in [-0.1, -0.05) is 84.9 Å².